The van der Waals surface area contributed by atoms with E-state index in [0.29, 0.717) is 6.42 Å². The van der Waals surface area contributed by atoms with Crippen molar-refractivity contribution in [1.82, 2.24) is 20.2 Å². The summed E-state index contributed by atoms with van der Waals surface area (Å²) in [7, 11) is 0. The Hall–Kier alpha value is -1.36. The van der Waals surface area contributed by atoms with E-state index in [1.54, 1.807) is 0 Å². The van der Waals surface area contributed by atoms with Crippen LogP contribution in [-0.4, -0.2) is 28.0 Å². The fourth-order valence-electron chi connectivity index (χ4n) is 2.10. The largest absolute Gasteiger partial charge is 0.352 e. The quantitative estimate of drug-likeness (QED) is 0.713. The molecule has 17 heavy (non-hydrogen) atoms. The number of carbonyl (C=O) groups excluding carboxylic acids is 1. The van der Waals surface area contributed by atoms with E-state index in [0.717, 1.165) is 32.5 Å². The zero-order chi connectivity index (χ0) is 12.1. The summed E-state index contributed by atoms with van der Waals surface area (Å²) in [5.41, 5.74) is 1.18. The number of imidazole rings is 1. The molecule has 1 aliphatic heterocycles. The first-order valence-corrected chi connectivity index (χ1v) is 6.28. The number of amides is 1. The summed E-state index contributed by atoms with van der Waals surface area (Å²) in [5, 5.41) is 6.34. The van der Waals surface area contributed by atoms with Gasteiger partial charge in [0.05, 0.1) is 12.0 Å². The first-order valence-electron chi connectivity index (χ1n) is 6.28. The number of nitrogens with one attached hydrogen (secondary N) is 2. The number of nitrogens with zero attached hydrogens (tertiary/aromatic N) is 2. The van der Waals surface area contributed by atoms with Gasteiger partial charge in [0.15, 0.2) is 0 Å². The molecule has 94 valence electrons. The van der Waals surface area contributed by atoms with Crippen LogP contribution in [0.3, 0.4) is 0 Å². The normalized spacial score (nSPS) is 19.6. The zero-order valence-corrected chi connectivity index (χ0v) is 10.3. The Morgan fingerprint density at radius 2 is 2.53 bits per heavy atom. The minimum Gasteiger partial charge on any atom is -0.352 e. The molecule has 0 radical (unpaired) electrons. The molecule has 5 nitrogen and oxygen atoms in total. The number of carbonyl (C=O) groups is 1. The van der Waals surface area contributed by atoms with Gasteiger partial charge in [-0.1, -0.05) is 6.92 Å². The second-order valence-corrected chi connectivity index (χ2v) is 4.52. The predicted molar refractivity (Wildman–Crippen MR) is 65.4 cm³/mol. The van der Waals surface area contributed by atoms with Crippen LogP contribution < -0.4 is 10.6 Å². The third kappa shape index (κ3) is 3.30. The van der Waals surface area contributed by atoms with Gasteiger partial charge in [0, 0.05) is 31.7 Å². The van der Waals surface area contributed by atoms with Crippen LogP contribution in [0.2, 0.25) is 0 Å². The zero-order valence-electron chi connectivity index (χ0n) is 10.3. The molecule has 2 rings (SSSR count). The van der Waals surface area contributed by atoms with Crippen molar-refractivity contribution in [3.63, 3.8) is 0 Å². The monoisotopic (exact) mass is 236 g/mol. The second kappa shape index (κ2) is 5.82. The van der Waals surface area contributed by atoms with Crippen molar-refractivity contribution in [2.75, 3.05) is 6.54 Å². The van der Waals surface area contributed by atoms with E-state index in [1.807, 2.05) is 12.5 Å². The maximum absolute atomic E-state index is 11.1. The van der Waals surface area contributed by atoms with Crippen molar-refractivity contribution in [3.05, 3.63) is 18.2 Å². The van der Waals surface area contributed by atoms with Gasteiger partial charge in [-0.2, -0.15) is 0 Å². The van der Waals surface area contributed by atoms with Gasteiger partial charge < -0.3 is 15.2 Å². The first kappa shape index (κ1) is 12.1. The van der Waals surface area contributed by atoms with Gasteiger partial charge in [-0.05, 0) is 19.4 Å². The molecule has 1 saturated heterocycles. The van der Waals surface area contributed by atoms with E-state index in [9.17, 15) is 4.79 Å². The van der Waals surface area contributed by atoms with Gasteiger partial charge in [0.25, 0.3) is 0 Å². The molecule has 1 aliphatic rings. The maximum Gasteiger partial charge on any atom is 0.220 e. The Labute approximate surface area is 102 Å². The van der Waals surface area contributed by atoms with Crippen molar-refractivity contribution in [2.45, 2.75) is 45.3 Å². The summed E-state index contributed by atoms with van der Waals surface area (Å²) in [6, 6.07) is 0.265. The summed E-state index contributed by atoms with van der Waals surface area (Å²) >= 11 is 0. The molecule has 1 fully saturated rings. The SMILES string of the molecule is CCCNCc1cncn1CC1CCC(=O)N1. The lowest BCUT2D eigenvalue weighted by molar-refractivity contribution is -0.119. The Morgan fingerprint density at radius 3 is 3.24 bits per heavy atom. The molecule has 0 aromatic carbocycles. The summed E-state index contributed by atoms with van der Waals surface area (Å²) in [6.45, 7) is 4.84. The molecule has 0 spiro atoms. The number of hydrogen-bond acceptors (Lipinski definition) is 3. The smallest absolute Gasteiger partial charge is 0.220 e. The number of hydrogen-bond donors (Lipinski definition) is 2. The molecule has 0 aliphatic carbocycles. The van der Waals surface area contributed by atoms with Crippen molar-refractivity contribution >= 4 is 5.91 Å². The van der Waals surface area contributed by atoms with Gasteiger partial charge in [0.1, 0.15) is 0 Å². The highest BCUT2D eigenvalue weighted by molar-refractivity contribution is 5.78. The molecule has 2 N–H and O–H groups in total. The predicted octanol–water partition coefficient (Wildman–Crippen LogP) is 0.661. The van der Waals surface area contributed by atoms with Crippen LogP contribution in [0.15, 0.2) is 12.5 Å². The summed E-state index contributed by atoms with van der Waals surface area (Å²) < 4.78 is 2.12. The van der Waals surface area contributed by atoms with E-state index in [2.05, 4.69) is 27.1 Å². The standard InChI is InChI=1S/C12H20N4O/c1-2-5-13-6-11-7-14-9-16(11)8-10-3-4-12(17)15-10/h7,9-10,13H,2-6,8H2,1H3,(H,15,17). The molecule has 1 unspecified atom stereocenters. The molecule has 1 atom stereocenters. The van der Waals surface area contributed by atoms with Crippen LogP contribution in [0.5, 0.6) is 0 Å². The van der Waals surface area contributed by atoms with E-state index < -0.39 is 0 Å². The lowest BCUT2D eigenvalue weighted by atomic mass is 10.2. The van der Waals surface area contributed by atoms with Gasteiger partial charge in [-0.15, -0.1) is 0 Å². The molecule has 5 heteroatoms. The molecule has 0 saturated carbocycles. The first-order chi connectivity index (χ1) is 8.29. The fourth-order valence-corrected chi connectivity index (χ4v) is 2.10. The van der Waals surface area contributed by atoms with E-state index >= 15 is 0 Å². The molecular weight excluding hydrogens is 216 g/mol. The Balaban J connectivity index is 1.87. The lowest BCUT2D eigenvalue weighted by Gasteiger charge is -2.13. The van der Waals surface area contributed by atoms with Crippen molar-refractivity contribution < 1.29 is 4.79 Å². The minimum absolute atomic E-state index is 0.167. The molecule has 0 bridgehead atoms. The molecular formula is C12H20N4O. The van der Waals surface area contributed by atoms with E-state index in [4.69, 9.17) is 0 Å². The average molecular weight is 236 g/mol. The number of rotatable bonds is 6. The Kier molecular flexibility index (Phi) is 4.14. The molecule has 1 aromatic rings. The summed E-state index contributed by atoms with van der Waals surface area (Å²) in [5.74, 6) is 0.167. The third-order valence-corrected chi connectivity index (χ3v) is 3.03. The molecule has 1 amide bonds. The van der Waals surface area contributed by atoms with Crippen LogP contribution >= 0.6 is 0 Å². The van der Waals surface area contributed by atoms with Gasteiger partial charge >= 0.3 is 0 Å². The maximum atomic E-state index is 11.1. The molecule has 1 aromatic heterocycles. The highest BCUT2D eigenvalue weighted by atomic mass is 16.1. The Morgan fingerprint density at radius 1 is 1.65 bits per heavy atom. The van der Waals surface area contributed by atoms with Crippen LogP contribution in [0.25, 0.3) is 0 Å². The fraction of sp³-hybridized carbons (Fsp3) is 0.667. The van der Waals surface area contributed by atoms with Gasteiger partial charge in [0.2, 0.25) is 5.91 Å². The van der Waals surface area contributed by atoms with Crippen molar-refractivity contribution in [2.24, 2.45) is 0 Å². The highest BCUT2D eigenvalue weighted by Crippen LogP contribution is 2.10. The van der Waals surface area contributed by atoms with Gasteiger partial charge in [-0.3, -0.25) is 4.79 Å². The topological polar surface area (TPSA) is 59.0 Å². The van der Waals surface area contributed by atoms with Gasteiger partial charge in [-0.25, -0.2) is 4.98 Å². The summed E-state index contributed by atoms with van der Waals surface area (Å²) in [6.07, 6.45) is 6.45. The highest BCUT2D eigenvalue weighted by Gasteiger charge is 2.21. The van der Waals surface area contributed by atoms with E-state index in [1.165, 1.54) is 5.69 Å². The Bertz CT molecular complexity index is 374. The van der Waals surface area contributed by atoms with Crippen LogP contribution in [0, 0.1) is 0 Å². The van der Waals surface area contributed by atoms with E-state index in [-0.39, 0.29) is 11.9 Å². The third-order valence-electron chi connectivity index (χ3n) is 3.03. The summed E-state index contributed by atoms with van der Waals surface area (Å²) in [4.78, 5) is 15.3. The average Bonchev–Trinajstić information content (AvgIpc) is 2.90. The van der Waals surface area contributed by atoms with Crippen LogP contribution in [-0.2, 0) is 17.9 Å². The van der Waals surface area contributed by atoms with Crippen molar-refractivity contribution in [1.29, 1.82) is 0 Å². The van der Waals surface area contributed by atoms with Crippen molar-refractivity contribution in [3.8, 4) is 0 Å². The minimum atomic E-state index is 0.167. The number of aromatic nitrogens is 2. The van der Waals surface area contributed by atoms with Crippen LogP contribution in [0.1, 0.15) is 31.9 Å². The second-order valence-electron chi connectivity index (χ2n) is 4.52. The molecule has 2 heterocycles. The van der Waals surface area contributed by atoms with Crippen LogP contribution in [0.4, 0.5) is 0 Å². The lowest BCUT2D eigenvalue weighted by Crippen LogP contribution is -2.30.